The molecule has 0 saturated carbocycles. The number of hydrogen-bond donors (Lipinski definition) is 0. The molecule has 4 heteroatoms. The summed E-state index contributed by atoms with van der Waals surface area (Å²) < 4.78 is 2.59. The van der Waals surface area contributed by atoms with Gasteiger partial charge >= 0.3 is 0 Å². The Hall–Kier alpha value is -7.27. The average molecular weight is 744 g/mol. The maximum atomic E-state index is 5.35. The van der Waals surface area contributed by atoms with Gasteiger partial charge in [0, 0.05) is 58.6 Å². The average Bonchev–Trinajstić information content (AvgIpc) is 3.68. The Morgan fingerprint density at radius 1 is 0.316 bits per heavy atom. The van der Waals surface area contributed by atoms with Gasteiger partial charge in [0.05, 0.1) is 22.6 Å². The number of benzene rings is 8. The maximum Gasteiger partial charge on any atom is 0.160 e. The van der Waals surface area contributed by atoms with E-state index in [9.17, 15) is 0 Å². The van der Waals surface area contributed by atoms with Crippen LogP contribution in [0.4, 0.5) is 0 Å². The van der Waals surface area contributed by atoms with E-state index in [0.717, 1.165) is 66.9 Å². The molecule has 0 atom stereocenters. The lowest BCUT2D eigenvalue weighted by atomic mass is 9.96. The topological polar surface area (TPSA) is 38.7 Å². The lowest BCUT2D eigenvalue weighted by Crippen LogP contribution is -1.97. The normalized spacial score (nSPS) is 11.5. The minimum Gasteiger partial charge on any atom is -0.247 e. The summed E-state index contributed by atoms with van der Waals surface area (Å²) in [7, 11) is 0. The van der Waals surface area contributed by atoms with Gasteiger partial charge in [-0.2, -0.15) is 0 Å². The van der Waals surface area contributed by atoms with Gasteiger partial charge < -0.3 is 0 Å². The van der Waals surface area contributed by atoms with Crippen molar-refractivity contribution in [2.24, 2.45) is 0 Å². The monoisotopic (exact) mass is 743 g/mol. The van der Waals surface area contributed by atoms with Crippen molar-refractivity contribution in [3.63, 3.8) is 0 Å². The molecule has 0 radical (unpaired) electrons. The number of thiophene rings is 1. The second-order valence-electron chi connectivity index (χ2n) is 14.4. The summed E-state index contributed by atoms with van der Waals surface area (Å²) in [4.78, 5) is 15.9. The minimum absolute atomic E-state index is 0.678. The molecule has 0 spiro atoms. The van der Waals surface area contributed by atoms with Crippen molar-refractivity contribution in [3.05, 3.63) is 200 Å². The van der Waals surface area contributed by atoms with E-state index in [1.807, 2.05) is 17.4 Å². The lowest BCUT2D eigenvalue weighted by Gasteiger charge is -2.13. The van der Waals surface area contributed by atoms with Crippen LogP contribution >= 0.6 is 11.3 Å². The van der Waals surface area contributed by atoms with Crippen molar-refractivity contribution in [2.75, 3.05) is 0 Å². The van der Waals surface area contributed by atoms with Crippen LogP contribution in [-0.4, -0.2) is 15.0 Å². The molecule has 3 nitrogen and oxygen atoms in total. The van der Waals surface area contributed by atoms with Gasteiger partial charge in [0.25, 0.3) is 0 Å². The summed E-state index contributed by atoms with van der Waals surface area (Å²) >= 11 is 1.86. The summed E-state index contributed by atoms with van der Waals surface area (Å²) in [6, 6.07) is 70.7. The fourth-order valence-corrected chi connectivity index (χ4v) is 9.36. The van der Waals surface area contributed by atoms with E-state index in [2.05, 4.69) is 194 Å². The zero-order valence-electron chi connectivity index (χ0n) is 30.8. The molecule has 0 aliphatic heterocycles. The Kier molecular flexibility index (Phi) is 8.01. The first-order valence-corrected chi connectivity index (χ1v) is 20.0. The maximum absolute atomic E-state index is 5.35. The summed E-state index contributed by atoms with van der Waals surface area (Å²) in [5.41, 5.74) is 12.3. The highest BCUT2D eigenvalue weighted by Gasteiger charge is 2.18. The third-order valence-corrected chi connectivity index (χ3v) is 12.1. The van der Waals surface area contributed by atoms with Crippen LogP contribution < -0.4 is 0 Å². The van der Waals surface area contributed by atoms with Gasteiger partial charge in [-0.15, -0.1) is 11.3 Å². The second-order valence-corrected chi connectivity index (χ2v) is 15.4. The lowest BCUT2D eigenvalue weighted by molar-refractivity contribution is 1.18. The highest BCUT2D eigenvalue weighted by molar-refractivity contribution is 7.26. The number of rotatable bonds is 6. The Bertz CT molecular complexity index is 3200. The van der Waals surface area contributed by atoms with E-state index in [-0.39, 0.29) is 0 Å². The molecule has 8 aromatic carbocycles. The van der Waals surface area contributed by atoms with Gasteiger partial charge in [0.15, 0.2) is 5.82 Å². The van der Waals surface area contributed by atoms with Gasteiger partial charge in [-0.3, -0.25) is 0 Å². The molecule has 11 rings (SSSR count). The molecular formula is C53H33N3S. The third kappa shape index (κ3) is 5.95. The molecule has 0 aliphatic rings. The first-order valence-electron chi connectivity index (χ1n) is 19.2. The standard InChI is InChI=1S/C53H33N3S/c1-3-14-34(15-4-1)36-18-11-20-38(30-36)47-33-48(56-53(55-47)41-23-12-19-37(31-41)35-16-5-2-6-17-35)39-21-13-22-40(32-39)51-45-29-28-43-42-24-8-10-27-49(42)57-52(43)50(45)44-25-7-9-26-46(44)54-51/h1-33H. The molecule has 57 heavy (non-hydrogen) atoms. The fraction of sp³-hybridized carbons (Fsp3) is 0. The van der Waals surface area contributed by atoms with Crippen molar-refractivity contribution in [1.82, 2.24) is 15.0 Å². The smallest absolute Gasteiger partial charge is 0.160 e. The molecule has 0 aliphatic carbocycles. The van der Waals surface area contributed by atoms with Gasteiger partial charge in [0.1, 0.15) is 0 Å². The SMILES string of the molecule is c1ccc(-c2cccc(-c3cc(-c4cccc(-c5nc6ccccc6c6c5ccc5c7ccccc7sc56)c4)nc(-c4cccc(-c5ccccc5)c4)n3)c2)cc1. The van der Waals surface area contributed by atoms with Gasteiger partial charge in [-0.05, 0) is 58.7 Å². The van der Waals surface area contributed by atoms with E-state index in [0.29, 0.717) is 5.82 Å². The van der Waals surface area contributed by atoms with Crippen LogP contribution in [0.5, 0.6) is 0 Å². The van der Waals surface area contributed by atoms with E-state index in [1.54, 1.807) is 0 Å². The van der Waals surface area contributed by atoms with Crippen LogP contribution in [-0.2, 0) is 0 Å². The zero-order chi connectivity index (χ0) is 37.7. The van der Waals surface area contributed by atoms with E-state index < -0.39 is 0 Å². The number of hydrogen-bond acceptors (Lipinski definition) is 4. The number of fused-ring (bicyclic) bond motifs is 7. The molecule has 0 amide bonds. The predicted molar refractivity (Wildman–Crippen MR) is 240 cm³/mol. The quantitative estimate of drug-likeness (QED) is 0.159. The fourth-order valence-electron chi connectivity index (χ4n) is 8.09. The largest absolute Gasteiger partial charge is 0.247 e. The third-order valence-electron chi connectivity index (χ3n) is 10.9. The first kappa shape index (κ1) is 33.1. The number of aromatic nitrogens is 3. The Balaban J connectivity index is 1.10. The van der Waals surface area contributed by atoms with Gasteiger partial charge in [-0.1, -0.05) is 164 Å². The van der Waals surface area contributed by atoms with Crippen molar-refractivity contribution >= 4 is 53.2 Å². The summed E-state index contributed by atoms with van der Waals surface area (Å²) in [5, 5.41) is 6.15. The van der Waals surface area contributed by atoms with Crippen LogP contribution in [0.2, 0.25) is 0 Å². The Labute approximate surface area is 334 Å². The molecule has 0 unspecified atom stereocenters. The Morgan fingerprint density at radius 2 is 0.825 bits per heavy atom. The summed E-state index contributed by atoms with van der Waals surface area (Å²) in [5.74, 6) is 0.678. The highest BCUT2D eigenvalue weighted by atomic mass is 32.1. The molecule has 266 valence electrons. The molecule has 3 heterocycles. The molecule has 0 fully saturated rings. The first-order chi connectivity index (χ1) is 28.2. The van der Waals surface area contributed by atoms with Crippen LogP contribution in [0.3, 0.4) is 0 Å². The molecule has 0 bridgehead atoms. The van der Waals surface area contributed by atoms with Crippen LogP contribution in [0.25, 0.3) is 109 Å². The molecule has 11 aromatic rings. The number of para-hydroxylation sites is 1. The summed E-state index contributed by atoms with van der Waals surface area (Å²) in [6.07, 6.45) is 0. The zero-order valence-corrected chi connectivity index (χ0v) is 31.6. The number of pyridine rings is 1. The second kappa shape index (κ2) is 13.8. The van der Waals surface area contributed by atoms with E-state index >= 15 is 0 Å². The van der Waals surface area contributed by atoms with Crippen molar-refractivity contribution in [2.45, 2.75) is 0 Å². The van der Waals surface area contributed by atoms with Crippen molar-refractivity contribution < 1.29 is 0 Å². The van der Waals surface area contributed by atoms with Crippen LogP contribution in [0.1, 0.15) is 0 Å². The van der Waals surface area contributed by atoms with Gasteiger partial charge in [-0.25, -0.2) is 15.0 Å². The van der Waals surface area contributed by atoms with E-state index in [1.165, 1.54) is 36.5 Å². The highest BCUT2D eigenvalue weighted by Crippen LogP contribution is 2.43. The minimum atomic E-state index is 0.678. The molecule has 0 N–H and O–H groups in total. The van der Waals surface area contributed by atoms with E-state index in [4.69, 9.17) is 15.0 Å². The summed E-state index contributed by atoms with van der Waals surface area (Å²) in [6.45, 7) is 0. The van der Waals surface area contributed by atoms with Gasteiger partial charge in [0.2, 0.25) is 0 Å². The molecule has 3 aromatic heterocycles. The molecular weight excluding hydrogens is 711 g/mol. The van der Waals surface area contributed by atoms with Crippen LogP contribution in [0, 0.1) is 0 Å². The Morgan fingerprint density at radius 3 is 1.53 bits per heavy atom. The van der Waals surface area contributed by atoms with Crippen molar-refractivity contribution in [1.29, 1.82) is 0 Å². The molecule has 0 saturated heterocycles. The van der Waals surface area contributed by atoms with Crippen LogP contribution in [0.15, 0.2) is 200 Å². The predicted octanol–water partition coefficient (Wildman–Crippen LogP) is 14.5. The number of nitrogens with zero attached hydrogens (tertiary/aromatic N) is 3. The van der Waals surface area contributed by atoms with Crippen molar-refractivity contribution in [3.8, 4) is 67.4 Å².